The van der Waals surface area contributed by atoms with Crippen molar-refractivity contribution in [2.45, 2.75) is 51.6 Å². The molecule has 0 radical (unpaired) electrons. The third-order valence-corrected chi connectivity index (χ3v) is 4.17. The van der Waals surface area contributed by atoms with Crippen molar-refractivity contribution in [1.29, 1.82) is 0 Å². The minimum Gasteiger partial charge on any atom is -0.494 e. The van der Waals surface area contributed by atoms with E-state index in [2.05, 4.69) is 17.6 Å². The lowest BCUT2D eigenvalue weighted by atomic mass is 9.99. The summed E-state index contributed by atoms with van der Waals surface area (Å²) in [5.41, 5.74) is 0.619. The van der Waals surface area contributed by atoms with Gasteiger partial charge in [0.05, 0.1) is 6.61 Å². The van der Waals surface area contributed by atoms with Crippen LogP contribution in [0.25, 0.3) is 0 Å². The van der Waals surface area contributed by atoms with Crippen molar-refractivity contribution in [2.75, 3.05) is 13.2 Å². The van der Waals surface area contributed by atoms with Crippen LogP contribution < -0.4 is 15.4 Å². The number of ether oxygens (including phenoxy) is 1. The third-order valence-electron chi connectivity index (χ3n) is 4.17. The summed E-state index contributed by atoms with van der Waals surface area (Å²) < 4.78 is 5.35. The number of rotatable bonds is 7. The van der Waals surface area contributed by atoms with Gasteiger partial charge in [0, 0.05) is 30.5 Å². The SMILES string of the molecule is CCOc1ccc(C(=O)CCC(=O)NC2CCCNC2C)cc1.Cl. The molecule has 2 unspecified atom stereocenters. The summed E-state index contributed by atoms with van der Waals surface area (Å²) in [4.78, 5) is 24.2. The van der Waals surface area contributed by atoms with Gasteiger partial charge in [0.15, 0.2) is 5.78 Å². The standard InChI is InChI=1S/C18H26N2O3.ClH/c1-3-23-15-8-6-14(7-9-15)17(21)10-11-18(22)20-16-5-4-12-19-13(16)2;/h6-9,13,16,19H,3-5,10-12H2,1-2H3,(H,20,22);1H. The number of ketones is 1. The minimum atomic E-state index is -0.0511. The Hall–Kier alpha value is -1.59. The average Bonchev–Trinajstić information content (AvgIpc) is 2.56. The Morgan fingerprint density at radius 2 is 1.96 bits per heavy atom. The van der Waals surface area contributed by atoms with Crippen LogP contribution in [-0.2, 0) is 4.79 Å². The summed E-state index contributed by atoms with van der Waals surface area (Å²) in [7, 11) is 0. The van der Waals surface area contributed by atoms with Gasteiger partial charge in [-0.2, -0.15) is 0 Å². The summed E-state index contributed by atoms with van der Waals surface area (Å²) >= 11 is 0. The first-order valence-corrected chi connectivity index (χ1v) is 8.39. The van der Waals surface area contributed by atoms with Crippen LogP contribution in [0.3, 0.4) is 0 Å². The molecule has 0 aliphatic carbocycles. The van der Waals surface area contributed by atoms with E-state index in [1.54, 1.807) is 24.3 Å². The van der Waals surface area contributed by atoms with Gasteiger partial charge in [0.1, 0.15) is 5.75 Å². The van der Waals surface area contributed by atoms with E-state index in [4.69, 9.17) is 4.74 Å². The number of benzene rings is 1. The molecule has 1 amide bonds. The lowest BCUT2D eigenvalue weighted by Gasteiger charge is -2.30. The van der Waals surface area contributed by atoms with Crippen LogP contribution >= 0.6 is 12.4 Å². The highest BCUT2D eigenvalue weighted by molar-refractivity contribution is 5.98. The Kier molecular flexibility index (Phi) is 8.79. The van der Waals surface area contributed by atoms with Crippen LogP contribution in [0.4, 0.5) is 0 Å². The van der Waals surface area contributed by atoms with Crippen molar-refractivity contribution in [3.8, 4) is 5.75 Å². The number of nitrogens with one attached hydrogen (secondary N) is 2. The monoisotopic (exact) mass is 354 g/mol. The van der Waals surface area contributed by atoms with E-state index in [1.165, 1.54) is 0 Å². The molecule has 1 aliphatic heterocycles. The zero-order chi connectivity index (χ0) is 16.7. The molecule has 1 aromatic rings. The number of Topliss-reactive ketones (excluding diaryl/α,β-unsaturated/α-hetero) is 1. The summed E-state index contributed by atoms with van der Waals surface area (Å²) in [6, 6.07) is 7.51. The summed E-state index contributed by atoms with van der Waals surface area (Å²) in [5, 5.41) is 6.38. The lowest BCUT2D eigenvalue weighted by Crippen LogP contribution is -2.51. The van der Waals surface area contributed by atoms with E-state index in [0.717, 1.165) is 25.1 Å². The maximum Gasteiger partial charge on any atom is 0.220 e. The number of hydrogen-bond acceptors (Lipinski definition) is 4. The first-order chi connectivity index (χ1) is 11.1. The van der Waals surface area contributed by atoms with E-state index in [0.29, 0.717) is 12.2 Å². The van der Waals surface area contributed by atoms with Crippen LogP contribution in [0.5, 0.6) is 5.75 Å². The Balaban J connectivity index is 0.00000288. The van der Waals surface area contributed by atoms with Crippen molar-refractivity contribution in [2.24, 2.45) is 0 Å². The molecular weight excluding hydrogens is 328 g/mol. The number of carbonyl (C=O) groups is 2. The van der Waals surface area contributed by atoms with E-state index < -0.39 is 0 Å². The van der Waals surface area contributed by atoms with E-state index in [9.17, 15) is 9.59 Å². The van der Waals surface area contributed by atoms with Gasteiger partial charge in [-0.25, -0.2) is 0 Å². The van der Waals surface area contributed by atoms with Crippen LogP contribution in [-0.4, -0.2) is 36.9 Å². The molecular formula is C18H27ClN2O3. The fourth-order valence-electron chi connectivity index (χ4n) is 2.80. The normalized spacial score (nSPS) is 19.9. The molecule has 0 spiro atoms. The topological polar surface area (TPSA) is 67.4 Å². The number of carbonyl (C=O) groups excluding carboxylic acids is 2. The number of halogens is 1. The van der Waals surface area contributed by atoms with Gasteiger partial charge in [-0.05, 0) is 57.5 Å². The number of hydrogen-bond donors (Lipinski definition) is 2. The van der Waals surface area contributed by atoms with E-state index >= 15 is 0 Å². The molecule has 1 fully saturated rings. The highest BCUT2D eigenvalue weighted by atomic mass is 35.5. The van der Waals surface area contributed by atoms with Crippen molar-refractivity contribution in [3.05, 3.63) is 29.8 Å². The molecule has 2 N–H and O–H groups in total. The second-order valence-corrected chi connectivity index (χ2v) is 5.94. The highest BCUT2D eigenvalue weighted by Crippen LogP contribution is 2.14. The highest BCUT2D eigenvalue weighted by Gasteiger charge is 2.22. The molecule has 0 bridgehead atoms. The van der Waals surface area contributed by atoms with Gasteiger partial charge in [0.2, 0.25) is 5.91 Å². The molecule has 0 saturated carbocycles. The largest absolute Gasteiger partial charge is 0.494 e. The van der Waals surface area contributed by atoms with Gasteiger partial charge >= 0.3 is 0 Å². The molecule has 1 aromatic carbocycles. The first kappa shape index (κ1) is 20.5. The van der Waals surface area contributed by atoms with E-state index in [-0.39, 0.29) is 49.0 Å². The Bertz CT molecular complexity index is 534. The predicted molar refractivity (Wildman–Crippen MR) is 97.1 cm³/mol. The zero-order valence-electron chi connectivity index (χ0n) is 14.3. The molecule has 5 nitrogen and oxygen atoms in total. The van der Waals surface area contributed by atoms with Gasteiger partial charge < -0.3 is 15.4 Å². The van der Waals surface area contributed by atoms with Gasteiger partial charge in [0.25, 0.3) is 0 Å². The quantitative estimate of drug-likeness (QED) is 0.739. The maximum atomic E-state index is 12.1. The molecule has 6 heteroatoms. The molecule has 0 aromatic heterocycles. The van der Waals surface area contributed by atoms with Crippen molar-refractivity contribution < 1.29 is 14.3 Å². The fourth-order valence-corrected chi connectivity index (χ4v) is 2.80. The van der Waals surface area contributed by atoms with Gasteiger partial charge in [-0.15, -0.1) is 12.4 Å². The van der Waals surface area contributed by atoms with Crippen LogP contribution in [0, 0.1) is 0 Å². The molecule has 2 atom stereocenters. The van der Waals surface area contributed by atoms with E-state index in [1.807, 2.05) is 6.92 Å². The van der Waals surface area contributed by atoms with Crippen molar-refractivity contribution in [1.82, 2.24) is 10.6 Å². The molecule has 24 heavy (non-hydrogen) atoms. The maximum absolute atomic E-state index is 12.1. The average molecular weight is 355 g/mol. The minimum absolute atomic E-state index is 0. The first-order valence-electron chi connectivity index (χ1n) is 8.39. The number of piperidine rings is 1. The Morgan fingerprint density at radius 3 is 2.58 bits per heavy atom. The van der Waals surface area contributed by atoms with Crippen LogP contribution in [0.15, 0.2) is 24.3 Å². The molecule has 1 heterocycles. The summed E-state index contributed by atoms with van der Waals surface area (Å²) in [5.74, 6) is 0.684. The number of amides is 1. The second-order valence-electron chi connectivity index (χ2n) is 5.94. The lowest BCUT2D eigenvalue weighted by molar-refractivity contribution is -0.122. The predicted octanol–water partition coefficient (Wildman–Crippen LogP) is 2.73. The molecule has 1 saturated heterocycles. The Morgan fingerprint density at radius 1 is 1.25 bits per heavy atom. The molecule has 1 aliphatic rings. The van der Waals surface area contributed by atoms with Crippen molar-refractivity contribution >= 4 is 24.1 Å². The van der Waals surface area contributed by atoms with Crippen LogP contribution in [0.1, 0.15) is 49.9 Å². The smallest absolute Gasteiger partial charge is 0.220 e. The molecule has 2 rings (SSSR count). The van der Waals surface area contributed by atoms with Gasteiger partial charge in [-0.3, -0.25) is 9.59 Å². The Labute approximate surface area is 149 Å². The fraction of sp³-hybridized carbons (Fsp3) is 0.556. The van der Waals surface area contributed by atoms with Gasteiger partial charge in [-0.1, -0.05) is 0 Å². The summed E-state index contributed by atoms with van der Waals surface area (Å²) in [6.45, 7) is 5.60. The molecule has 134 valence electrons. The zero-order valence-corrected chi connectivity index (χ0v) is 15.2. The summed E-state index contributed by atoms with van der Waals surface area (Å²) in [6.07, 6.45) is 2.52. The second kappa shape index (κ2) is 10.3. The van der Waals surface area contributed by atoms with Crippen LogP contribution in [0.2, 0.25) is 0 Å². The van der Waals surface area contributed by atoms with Crippen molar-refractivity contribution in [3.63, 3.8) is 0 Å². The third kappa shape index (κ3) is 6.13.